The predicted molar refractivity (Wildman–Crippen MR) is 106 cm³/mol. The van der Waals surface area contributed by atoms with E-state index in [2.05, 4.69) is 20.8 Å². The molecule has 4 rings (SSSR count). The van der Waals surface area contributed by atoms with Crippen LogP contribution in [0.2, 0.25) is 5.28 Å². The summed E-state index contributed by atoms with van der Waals surface area (Å²) in [5, 5.41) is 0.0319. The van der Waals surface area contributed by atoms with Gasteiger partial charge < -0.3 is 9.47 Å². The number of likely N-dealkylation sites (tertiary alicyclic amines) is 1. The molecule has 0 unspecified atom stereocenters. The SMILES string of the molecule is C#C[C@H](Oc1nc(Cl)nc2c1n(C)c(=O)n2C1CCOCC1)[C@@H]1CCCN1C. The molecule has 150 valence electrons. The topological polar surface area (TPSA) is 74.4 Å². The number of hydrogen-bond acceptors (Lipinski definition) is 6. The number of halogens is 1. The van der Waals surface area contributed by atoms with Gasteiger partial charge in [-0.15, -0.1) is 6.42 Å². The summed E-state index contributed by atoms with van der Waals surface area (Å²) in [4.78, 5) is 23.8. The van der Waals surface area contributed by atoms with E-state index < -0.39 is 6.10 Å². The highest BCUT2D eigenvalue weighted by Gasteiger charge is 2.32. The number of hydrogen-bond donors (Lipinski definition) is 0. The van der Waals surface area contributed by atoms with Crippen LogP contribution >= 0.6 is 11.6 Å². The molecule has 0 bridgehead atoms. The zero-order chi connectivity index (χ0) is 19.8. The smallest absolute Gasteiger partial charge is 0.330 e. The van der Waals surface area contributed by atoms with Crippen molar-refractivity contribution >= 4 is 22.8 Å². The highest BCUT2D eigenvalue weighted by Crippen LogP contribution is 2.30. The summed E-state index contributed by atoms with van der Waals surface area (Å²) in [7, 11) is 3.72. The molecule has 2 aliphatic heterocycles. The van der Waals surface area contributed by atoms with Gasteiger partial charge in [-0.25, -0.2) is 4.79 Å². The third kappa shape index (κ3) is 3.28. The Morgan fingerprint density at radius 3 is 2.68 bits per heavy atom. The van der Waals surface area contributed by atoms with Crippen LogP contribution in [0.5, 0.6) is 5.88 Å². The van der Waals surface area contributed by atoms with Crippen molar-refractivity contribution < 1.29 is 9.47 Å². The number of rotatable bonds is 4. The molecule has 2 aromatic rings. The zero-order valence-corrected chi connectivity index (χ0v) is 16.9. The lowest BCUT2D eigenvalue weighted by molar-refractivity contribution is 0.0695. The van der Waals surface area contributed by atoms with Crippen molar-refractivity contribution in [2.24, 2.45) is 7.05 Å². The third-order valence-corrected chi connectivity index (χ3v) is 5.92. The predicted octanol–water partition coefficient (Wildman–Crippen LogP) is 1.61. The van der Waals surface area contributed by atoms with Gasteiger partial charge >= 0.3 is 5.69 Å². The lowest BCUT2D eigenvalue weighted by Crippen LogP contribution is -2.39. The van der Waals surface area contributed by atoms with Crippen LogP contribution in [-0.4, -0.2) is 63.0 Å². The van der Waals surface area contributed by atoms with Crippen LogP contribution in [0.4, 0.5) is 0 Å². The van der Waals surface area contributed by atoms with Crippen LogP contribution in [0.1, 0.15) is 31.7 Å². The van der Waals surface area contributed by atoms with E-state index in [-0.39, 0.29) is 28.9 Å². The van der Waals surface area contributed by atoms with Crippen LogP contribution < -0.4 is 10.4 Å². The molecule has 2 fully saturated rings. The number of imidazole rings is 1. The quantitative estimate of drug-likeness (QED) is 0.568. The van der Waals surface area contributed by atoms with E-state index in [1.807, 2.05) is 7.05 Å². The first kappa shape index (κ1) is 19.2. The fraction of sp³-hybridized carbons (Fsp3) is 0.632. The minimum Gasteiger partial charge on any atom is -0.458 e. The molecule has 8 nitrogen and oxygen atoms in total. The molecule has 0 aliphatic carbocycles. The van der Waals surface area contributed by atoms with Crippen molar-refractivity contribution in [1.29, 1.82) is 0 Å². The number of nitrogens with zero attached hydrogens (tertiary/aromatic N) is 5. The van der Waals surface area contributed by atoms with Crippen molar-refractivity contribution in [1.82, 2.24) is 24.0 Å². The average Bonchev–Trinajstić information content (AvgIpc) is 3.22. The second-order valence-electron chi connectivity index (χ2n) is 7.42. The molecule has 4 heterocycles. The van der Waals surface area contributed by atoms with Crippen molar-refractivity contribution in [3.63, 3.8) is 0 Å². The van der Waals surface area contributed by atoms with Crippen molar-refractivity contribution in [3.8, 4) is 18.2 Å². The van der Waals surface area contributed by atoms with E-state index >= 15 is 0 Å². The van der Waals surface area contributed by atoms with Crippen LogP contribution in [-0.2, 0) is 11.8 Å². The van der Waals surface area contributed by atoms with E-state index in [0.717, 1.165) is 32.2 Å². The monoisotopic (exact) mass is 405 g/mol. The first-order valence-electron chi connectivity index (χ1n) is 9.56. The number of aryl methyl sites for hydroxylation is 1. The Hall–Kier alpha value is -2.08. The number of aromatic nitrogens is 4. The summed E-state index contributed by atoms with van der Waals surface area (Å²) < 4.78 is 14.8. The second kappa shape index (κ2) is 7.74. The molecule has 0 amide bonds. The average molecular weight is 406 g/mol. The number of fused-ring (bicyclic) bond motifs is 1. The minimum atomic E-state index is -0.483. The molecule has 0 aromatic carbocycles. The zero-order valence-electron chi connectivity index (χ0n) is 16.1. The van der Waals surface area contributed by atoms with Gasteiger partial charge in [0.15, 0.2) is 17.3 Å². The van der Waals surface area contributed by atoms with Gasteiger partial charge in [0.2, 0.25) is 11.2 Å². The fourth-order valence-electron chi connectivity index (χ4n) is 4.22. The highest BCUT2D eigenvalue weighted by atomic mass is 35.5. The van der Waals surface area contributed by atoms with Gasteiger partial charge in [-0.3, -0.25) is 14.0 Å². The summed E-state index contributed by atoms with van der Waals surface area (Å²) in [6.07, 6.45) is 8.80. The van der Waals surface area contributed by atoms with Crippen LogP contribution in [0, 0.1) is 12.3 Å². The Morgan fingerprint density at radius 1 is 1.29 bits per heavy atom. The van der Waals surface area contributed by atoms with E-state index in [1.165, 1.54) is 4.57 Å². The Balaban J connectivity index is 1.79. The van der Waals surface area contributed by atoms with Crippen molar-refractivity contribution in [2.45, 2.75) is 43.9 Å². The standard InChI is InChI=1S/C19H24ClN5O3/c1-4-14(13-6-5-9-23(13)2)28-17-15-16(21-18(20)22-17)25(19(26)24(15)3)12-7-10-27-11-8-12/h1,12-14H,5-11H2,2-3H3/t13-,14-/m0/s1. The largest absolute Gasteiger partial charge is 0.458 e. The van der Waals surface area contributed by atoms with Crippen LogP contribution in [0.3, 0.4) is 0 Å². The van der Waals surface area contributed by atoms with Gasteiger partial charge in [0.1, 0.15) is 0 Å². The van der Waals surface area contributed by atoms with Gasteiger partial charge in [-0.1, -0.05) is 5.92 Å². The summed E-state index contributed by atoms with van der Waals surface area (Å²) in [5.74, 6) is 2.99. The molecule has 0 radical (unpaired) electrons. The maximum atomic E-state index is 13.0. The molecule has 28 heavy (non-hydrogen) atoms. The Labute approximate surface area is 168 Å². The molecular formula is C19H24ClN5O3. The van der Waals surface area contributed by atoms with Gasteiger partial charge in [0.25, 0.3) is 0 Å². The van der Waals surface area contributed by atoms with E-state index in [9.17, 15) is 4.79 Å². The first-order chi connectivity index (χ1) is 13.5. The second-order valence-corrected chi connectivity index (χ2v) is 7.76. The summed E-state index contributed by atoms with van der Waals surface area (Å²) >= 11 is 6.20. The molecule has 2 atom stereocenters. The lowest BCUT2D eigenvalue weighted by atomic mass is 10.1. The highest BCUT2D eigenvalue weighted by molar-refractivity contribution is 6.28. The molecular weight excluding hydrogens is 382 g/mol. The first-order valence-corrected chi connectivity index (χ1v) is 9.94. The molecule has 0 saturated carbocycles. The van der Waals surface area contributed by atoms with Gasteiger partial charge in [-0.05, 0) is 50.9 Å². The Kier molecular flexibility index (Phi) is 5.32. The van der Waals surface area contributed by atoms with Crippen LogP contribution in [0.15, 0.2) is 4.79 Å². The summed E-state index contributed by atoms with van der Waals surface area (Å²) in [5.41, 5.74) is 0.824. The van der Waals surface area contributed by atoms with E-state index in [0.29, 0.717) is 24.4 Å². The molecule has 2 saturated heterocycles. The number of ether oxygens (including phenoxy) is 2. The van der Waals surface area contributed by atoms with Crippen LogP contribution in [0.25, 0.3) is 11.2 Å². The maximum absolute atomic E-state index is 13.0. The number of likely N-dealkylation sites (N-methyl/N-ethyl adjacent to an activating group) is 1. The lowest BCUT2D eigenvalue weighted by Gasteiger charge is -2.25. The maximum Gasteiger partial charge on any atom is 0.330 e. The van der Waals surface area contributed by atoms with Crippen molar-refractivity contribution in [3.05, 3.63) is 15.8 Å². The molecule has 2 aliphatic rings. The van der Waals surface area contributed by atoms with Gasteiger partial charge in [-0.2, -0.15) is 9.97 Å². The van der Waals surface area contributed by atoms with Gasteiger partial charge in [0.05, 0.1) is 6.04 Å². The third-order valence-electron chi connectivity index (χ3n) is 5.75. The minimum absolute atomic E-state index is 0.00756. The fourth-order valence-corrected chi connectivity index (χ4v) is 4.38. The van der Waals surface area contributed by atoms with E-state index in [1.54, 1.807) is 11.6 Å². The van der Waals surface area contributed by atoms with E-state index in [4.69, 9.17) is 27.5 Å². The molecule has 0 spiro atoms. The van der Waals surface area contributed by atoms with Crippen molar-refractivity contribution in [2.75, 3.05) is 26.8 Å². The Bertz CT molecular complexity index is 973. The summed E-state index contributed by atoms with van der Waals surface area (Å²) in [6, 6.07) is 0.108. The molecule has 2 aromatic heterocycles. The summed E-state index contributed by atoms with van der Waals surface area (Å²) in [6.45, 7) is 2.20. The number of terminal acetylenes is 1. The molecule has 9 heteroatoms. The normalized spacial score (nSPS) is 22.4. The Morgan fingerprint density at radius 2 is 2.04 bits per heavy atom. The van der Waals surface area contributed by atoms with Gasteiger partial charge in [0, 0.05) is 26.3 Å². The molecule has 0 N–H and O–H groups in total.